The lowest BCUT2D eigenvalue weighted by molar-refractivity contribution is -0.0977. The number of aromatic nitrogens is 5. The van der Waals surface area contributed by atoms with Crippen molar-refractivity contribution in [3.63, 3.8) is 0 Å². The van der Waals surface area contributed by atoms with Gasteiger partial charge in [-0.25, -0.2) is 28.7 Å². The zero-order chi connectivity index (χ0) is 27.7. The van der Waals surface area contributed by atoms with E-state index in [1.165, 1.54) is 6.07 Å². The van der Waals surface area contributed by atoms with Gasteiger partial charge in [0.2, 0.25) is 5.95 Å². The van der Waals surface area contributed by atoms with Crippen LogP contribution in [0.25, 0.3) is 22.3 Å². The highest BCUT2D eigenvalue weighted by Gasteiger charge is 2.30. The molecule has 0 radical (unpaired) electrons. The second kappa shape index (κ2) is 10.8. The van der Waals surface area contributed by atoms with Gasteiger partial charge >= 0.3 is 0 Å². The summed E-state index contributed by atoms with van der Waals surface area (Å²) in [5.74, 6) is 0.193. The minimum atomic E-state index is -0.649. The minimum absolute atomic E-state index is 0.00558. The van der Waals surface area contributed by atoms with E-state index in [9.17, 15) is 8.78 Å². The van der Waals surface area contributed by atoms with Crippen molar-refractivity contribution in [1.29, 1.82) is 0 Å². The number of benzene rings is 1. The molecule has 1 unspecified atom stereocenters. The van der Waals surface area contributed by atoms with Crippen LogP contribution in [0.4, 0.5) is 20.5 Å². The third kappa shape index (κ3) is 5.67. The van der Waals surface area contributed by atoms with Crippen molar-refractivity contribution in [2.45, 2.75) is 52.3 Å². The van der Waals surface area contributed by atoms with Gasteiger partial charge in [0, 0.05) is 37.4 Å². The van der Waals surface area contributed by atoms with E-state index in [0.717, 1.165) is 37.8 Å². The van der Waals surface area contributed by atoms with Crippen LogP contribution in [-0.4, -0.2) is 54.7 Å². The van der Waals surface area contributed by atoms with Crippen LogP contribution in [0.15, 0.2) is 49.3 Å². The molecule has 204 valence electrons. The van der Waals surface area contributed by atoms with Crippen molar-refractivity contribution in [2.24, 2.45) is 0 Å². The highest BCUT2D eigenvalue weighted by Crippen LogP contribution is 2.30. The predicted octanol–water partition coefficient (Wildman–Crippen LogP) is 5.97. The van der Waals surface area contributed by atoms with Crippen molar-refractivity contribution < 1.29 is 13.5 Å². The molecule has 0 saturated carbocycles. The highest BCUT2D eigenvalue weighted by molar-refractivity contribution is 5.83. The van der Waals surface area contributed by atoms with E-state index >= 15 is 0 Å². The molecule has 5 rings (SSSR count). The Bertz CT molecular complexity index is 1500. The minimum Gasteiger partial charge on any atom is -0.372 e. The van der Waals surface area contributed by atoms with Crippen LogP contribution >= 0.6 is 0 Å². The molecule has 10 heteroatoms. The van der Waals surface area contributed by atoms with Gasteiger partial charge in [-0.1, -0.05) is 12.1 Å². The third-order valence-corrected chi connectivity index (χ3v) is 6.92. The summed E-state index contributed by atoms with van der Waals surface area (Å²) < 4.78 is 37.7. The zero-order valence-electron chi connectivity index (χ0n) is 22.7. The van der Waals surface area contributed by atoms with Crippen LogP contribution in [-0.2, 0) is 11.3 Å². The number of pyridine rings is 1. The molecule has 1 atom stereocenters. The van der Waals surface area contributed by atoms with E-state index in [2.05, 4.69) is 43.7 Å². The van der Waals surface area contributed by atoms with E-state index in [4.69, 9.17) is 4.74 Å². The van der Waals surface area contributed by atoms with Crippen LogP contribution in [0.5, 0.6) is 0 Å². The van der Waals surface area contributed by atoms with E-state index in [-0.39, 0.29) is 28.8 Å². The summed E-state index contributed by atoms with van der Waals surface area (Å²) >= 11 is 0. The molecular formula is C29H33F2N7O. The molecule has 8 nitrogen and oxygen atoms in total. The maximum atomic E-state index is 15.0. The summed E-state index contributed by atoms with van der Waals surface area (Å²) in [5.41, 5.74) is 1.98. The van der Waals surface area contributed by atoms with E-state index in [0.29, 0.717) is 29.3 Å². The molecule has 0 amide bonds. The topological polar surface area (TPSA) is 81.0 Å². The van der Waals surface area contributed by atoms with E-state index < -0.39 is 11.6 Å². The molecular weight excluding hydrogens is 500 g/mol. The molecule has 0 bridgehead atoms. The number of fused-ring (bicyclic) bond motifs is 1. The van der Waals surface area contributed by atoms with E-state index in [1.54, 1.807) is 12.3 Å². The molecule has 3 aromatic heterocycles. The lowest BCUT2D eigenvalue weighted by atomic mass is 9.99. The van der Waals surface area contributed by atoms with Gasteiger partial charge in [-0.2, -0.15) is 0 Å². The number of aryl methyl sites for hydroxylation is 1. The monoisotopic (exact) mass is 533 g/mol. The van der Waals surface area contributed by atoms with Crippen LogP contribution < -0.4 is 5.32 Å². The summed E-state index contributed by atoms with van der Waals surface area (Å²) in [6.45, 7) is 14.8. The first-order chi connectivity index (χ1) is 18.7. The SMILES string of the molecule is C=CCC1(C)CN(Cc2ccc(Nc3ncc(F)c(-c4cc(F)c5nc(C)n(C(C)C)c5c4)n3)nc2)CCO1. The number of rotatable bonds is 8. The van der Waals surface area contributed by atoms with Gasteiger partial charge in [0.25, 0.3) is 0 Å². The molecule has 1 saturated heterocycles. The number of hydrogen-bond acceptors (Lipinski definition) is 7. The molecule has 0 spiro atoms. The zero-order valence-corrected chi connectivity index (χ0v) is 22.7. The fourth-order valence-corrected chi connectivity index (χ4v) is 5.23. The van der Waals surface area contributed by atoms with Gasteiger partial charge in [-0.05, 0) is 57.9 Å². The average Bonchev–Trinajstić information content (AvgIpc) is 3.23. The molecule has 1 N–H and O–H groups in total. The first-order valence-corrected chi connectivity index (χ1v) is 13.1. The smallest absolute Gasteiger partial charge is 0.229 e. The third-order valence-electron chi connectivity index (χ3n) is 6.92. The molecule has 1 aliphatic heterocycles. The molecule has 1 aromatic carbocycles. The maximum absolute atomic E-state index is 15.0. The number of imidazole rings is 1. The molecule has 0 aliphatic carbocycles. The predicted molar refractivity (Wildman–Crippen MR) is 148 cm³/mol. The lowest BCUT2D eigenvalue weighted by Crippen LogP contribution is -2.49. The second-order valence-electron chi connectivity index (χ2n) is 10.5. The molecule has 1 aliphatic rings. The number of nitrogens with zero attached hydrogens (tertiary/aromatic N) is 6. The summed E-state index contributed by atoms with van der Waals surface area (Å²) in [4.78, 5) is 19.6. The standard InChI is InChI=1S/C29H33F2N7O/c1-6-9-29(5)17-37(10-11-39-29)16-20-7-8-25(32-14-20)35-28-33-15-23(31)26(36-28)21-12-22(30)27-24(13-21)38(18(2)3)19(4)34-27/h6-8,12-15,18H,1,9-11,16-17H2,2-5H3,(H,32,33,35,36). The summed E-state index contributed by atoms with van der Waals surface area (Å²) in [6.07, 6.45) is 5.56. The number of halogens is 2. The quantitative estimate of drug-likeness (QED) is 0.280. The van der Waals surface area contributed by atoms with Crippen molar-refractivity contribution in [3.05, 3.63) is 72.3 Å². The Morgan fingerprint density at radius 2 is 1.97 bits per heavy atom. The Morgan fingerprint density at radius 1 is 1.15 bits per heavy atom. The van der Waals surface area contributed by atoms with Gasteiger partial charge < -0.3 is 14.6 Å². The number of ether oxygens (including phenoxy) is 1. The van der Waals surface area contributed by atoms with Gasteiger partial charge in [-0.15, -0.1) is 6.58 Å². The van der Waals surface area contributed by atoms with Crippen molar-refractivity contribution in [3.8, 4) is 11.3 Å². The highest BCUT2D eigenvalue weighted by atomic mass is 19.1. The lowest BCUT2D eigenvalue weighted by Gasteiger charge is -2.40. The Balaban J connectivity index is 1.34. The fraction of sp³-hybridized carbons (Fsp3) is 0.379. The number of nitrogens with one attached hydrogen (secondary N) is 1. The molecule has 1 fully saturated rings. The molecule has 4 heterocycles. The number of anilines is 2. The van der Waals surface area contributed by atoms with Crippen molar-refractivity contribution in [2.75, 3.05) is 25.0 Å². The largest absolute Gasteiger partial charge is 0.372 e. The first kappa shape index (κ1) is 26.8. The number of morpholine rings is 1. The first-order valence-electron chi connectivity index (χ1n) is 13.1. The fourth-order valence-electron chi connectivity index (χ4n) is 5.23. The van der Waals surface area contributed by atoms with Crippen LogP contribution in [0.3, 0.4) is 0 Å². The Labute approximate surface area is 226 Å². The Kier molecular flexibility index (Phi) is 7.42. The Hall–Kier alpha value is -3.76. The maximum Gasteiger partial charge on any atom is 0.229 e. The van der Waals surface area contributed by atoms with Gasteiger partial charge in [0.05, 0.1) is 23.9 Å². The van der Waals surface area contributed by atoms with Crippen molar-refractivity contribution >= 4 is 22.8 Å². The van der Waals surface area contributed by atoms with E-state index in [1.807, 2.05) is 43.5 Å². The summed E-state index contributed by atoms with van der Waals surface area (Å²) in [6, 6.07) is 6.85. The second-order valence-corrected chi connectivity index (χ2v) is 10.5. The molecule has 4 aromatic rings. The Morgan fingerprint density at radius 3 is 2.69 bits per heavy atom. The summed E-state index contributed by atoms with van der Waals surface area (Å²) in [7, 11) is 0. The average molecular weight is 534 g/mol. The van der Waals surface area contributed by atoms with Crippen LogP contribution in [0.2, 0.25) is 0 Å². The summed E-state index contributed by atoms with van der Waals surface area (Å²) in [5, 5.41) is 3.03. The van der Waals surface area contributed by atoms with Gasteiger partial charge in [0.15, 0.2) is 11.6 Å². The number of hydrogen-bond donors (Lipinski definition) is 1. The molecule has 39 heavy (non-hydrogen) atoms. The van der Waals surface area contributed by atoms with Crippen LogP contribution in [0.1, 0.15) is 44.6 Å². The normalized spacial score (nSPS) is 18.1. The van der Waals surface area contributed by atoms with Gasteiger partial charge in [-0.3, -0.25) is 4.90 Å². The van der Waals surface area contributed by atoms with Gasteiger partial charge in [0.1, 0.15) is 22.9 Å². The van der Waals surface area contributed by atoms with Crippen LogP contribution in [0, 0.1) is 18.6 Å². The van der Waals surface area contributed by atoms with Crippen molar-refractivity contribution in [1.82, 2.24) is 29.4 Å².